The molecule has 2 aromatic carbocycles. The number of halogens is 1. The fraction of sp³-hybridized carbons (Fsp3) is 0.261. The molecule has 9 heteroatoms. The molecular weight excluding hydrogens is 415 g/mol. The molecule has 32 heavy (non-hydrogen) atoms. The van der Waals surface area contributed by atoms with Crippen LogP contribution in [0.4, 0.5) is 9.18 Å². The smallest absolute Gasteiger partial charge is 0.322 e. The number of benzene rings is 2. The van der Waals surface area contributed by atoms with Gasteiger partial charge in [-0.25, -0.2) is 9.18 Å². The lowest BCUT2D eigenvalue weighted by atomic mass is 9.94. The van der Waals surface area contributed by atoms with Gasteiger partial charge in [0, 0.05) is 17.8 Å². The molecule has 0 fully saturated rings. The quantitative estimate of drug-likeness (QED) is 0.588. The summed E-state index contributed by atoms with van der Waals surface area (Å²) in [6.45, 7) is 4.32. The van der Waals surface area contributed by atoms with E-state index in [2.05, 4.69) is 15.5 Å². The van der Waals surface area contributed by atoms with E-state index in [1.165, 1.54) is 25.3 Å². The van der Waals surface area contributed by atoms with Crippen LogP contribution >= 0.6 is 0 Å². The van der Waals surface area contributed by atoms with Crippen molar-refractivity contribution in [3.8, 4) is 22.9 Å². The number of carbonyl (C=O) groups excluding carboxylic acids is 1. The second kappa shape index (κ2) is 8.70. The Labute approximate surface area is 184 Å². The summed E-state index contributed by atoms with van der Waals surface area (Å²) in [6, 6.07) is 9.80. The summed E-state index contributed by atoms with van der Waals surface area (Å²) in [5, 5.41) is 17.3. The average molecular weight is 438 g/mol. The maximum absolute atomic E-state index is 13.3. The third-order valence-electron chi connectivity index (χ3n) is 5.34. The van der Waals surface area contributed by atoms with E-state index in [-0.39, 0.29) is 23.5 Å². The Kier molecular flexibility index (Phi) is 5.81. The number of carbonyl (C=O) groups is 1. The highest BCUT2D eigenvalue weighted by molar-refractivity contribution is 5.87. The lowest BCUT2D eigenvalue weighted by Crippen LogP contribution is -2.46. The number of aromatic nitrogens is 2. The topological polar surface area (TPSA) is 101 Å². The molecule has 8 nitrogen and oxygen atoms in total. The van der Waals surface area contributed by atoms with Crippen molar-refractivity contribution >= 4 is 11.6 Å². The molecule has 1 atom stereocenters. The highest BCUT2D eigenvalue weighted by Gasteiger charge is 2.35. The zero-order valence-electron chi connectivity index (χ0n) is 17.9. The number of aromatic hydroxyl groups is 1. The number of hydrogen-bond donors (Lipinski definition) is 2. The molecule has 0 bridgehead atoms. The van der Waals surface area contributed by atoms with Gasteiger partial charge in [-0.3, -0.25) is 4.90 Å². The van der Waals surface area contributed by atoms with Crippen LogP contribution in [-0.2, 0) is 0 Å². The molecule has 1 aromatic heterocycles. The standard InChI is InChI=1S/C23H23FN4O4/c1-4-11-28-13(2)19(22-26-21(27-32-22)14-5-8-16(24)9-6-14)20(25-23(28)30)15-7-10-18(31-3)17(29)12-15/h5-10,12,20,29H,4,11H2,1-3H3,(H,25,30). The lowest BCUT2D eigenvalue weighted by molar-refractivity contribution is 0.205. The van der Waals surface area contributed by atoms with Gasteiger partial charge in [0.05, 0.1) is 18.7 Å². The molecule has 4 rings (SSSR count). The van der Waals surface area contributed by atoms with Gasteiger partial charge in [0.15, 0.2) is 11.5 Å². The predicted molar refractivity (Wildman–Crippen MR) is 115 cm³/mol. The number of hydrogen-bond acceptors (Lipinski definition) is 6. The number of nitrogens with zero attached hydrogens (tertiary/aromatic N) is 3. The maximum Gasteiger partial charge on any atom is 0.322 e. The molecular formula is C23H23FN4O4. The van der Waals surface area contributed by atoms with E-state index in [1.807, 2.05) is 13.8 Å². The van der Waals surface area contributed by atoms with Crippen molar-refractivity contribution in [3.05, 3.63) is 65.4 Å². The number of rotatable bonds is 6. The minimum Gasteiger partial charge on any atom is -0.504 e. The molecule has 1 aliphatic heterocycles. The third-order valence-corrected chi connectivity index (χ3v) is 5.34. The first-order chi connectivity index (χ1) is 15.4. The van der Waals surface area contributed by atoms with E-state index in [0.717, 1.165) is 6.42 Å². The summed E-state index contributed by atoms with van der Waals surface area (Å²) in [4.78, 5) is 18.9. The molecule has 0 aliphatic carbocycles. The summed E-state index contributed by atoms with van der Waals surface area (Å²) >= 11 is 0. The first kappa shape index (κ1) is 21.4. The van der Waals surface area contributed by atoms with E-state index in [9.17, 15) is 14.3 Å². The summed E-state index contributed by atoms with van der Waals surface area (Å²) in [7, 11) is 1.46. The van der Waals surface area contributed by atoms with E-state index in [4.69, 9.17) is 9.26 Å². The Morgan fingerprint density at radius 3 is 2.66 bits per heavy atom. The number of nitrogens with one attached hydrogen (secondary N) is 1. The molecule has 0 spiro atoms. The van der Waals surface area contributed by atoms with Crippen LogP contribution in [-0.4, -0.2) is 39.8 Å². The van der Waals surface area contributed by atoms with Crippen molar-refractivity contribution in [1.29, 1.82) is 0 Å². The number of phenols is 1. The molecule has 3 aromatic rings. The summed E-state index contributed by atoms with van der Waals surface area (Å²) in [5.41, 5.74) is 2.51. The zero-order valence-corrected chi connectivity index (χ0v) is 17.9. The van der Waals surface area contributed by atoms with Crippen molar-refractivity contribution in [2.75, 3.05) is 13.7 Å². The summed E-state index contributed by atoms with van der Waals surface area (Å²) in [5.74, 6) is 0.436. The van der Waals surface area contributed by atoms with E-state index in [1.54, 1.807) is 29.2 Å². The Bertz CT molecular complexity index is 1170. The van der Waals surface area contributed by atoms with Crippen molar-refractivity contribution < 1.29 is 23.6 Å². The Morgan fingerprint density at radius 1 is 1.25 bits per heavy atom. The van der Waals surface area contributed by atoms with Crippen LogP contribution in [0.25, 0.3) is 17.0 Å². The van der Waals surface area contributed by atoms with Gasteiger partial charge in [-0.2, -0.15) is 4.98 Å². The SMILES string of the molecule is CCCN1C(=O)NC(c2ccc(OC)c(O)c2)C(c2nc(-c3ccc(F)cc3)no2)=C1C. The highest BCUT2D eigenvalue weighted by atomic mass is 19.1. The van der Waals surface area contributed by atoms with E-state index in [0.29, 0.717) is 40.5 Å². The summed E-state index contributed by atoms with van der Waals surface area (Å²) < 4.78 is 24.0. The zero-order chi connectivity index (χ0) is 22.8. The first-order valence-corrected chi connectivity index (χ1v) is 10.2. The fourth-order valence-electron chi connectivity index (χ4n) is 3.74. The normalized spacial score (nSPS) is 16.3. The van der Waals surface area contributed by atoms with Gasteiger partial charge in [-0.05, 0) is 55.3 Å². The molecule has 1 aliphatic rings. The largest absolute Gasteiger partial charge is 0.504 e. The maximum atomic E-state index is 13.3. The average Bonchev–Trinajstić information content (AvgIpc) is 3.26. The monoisotopic (exact) mass is 438 g/mol. The van der Waals surface area contributed by atoms with E-state index < -0.39 is 6.04 Å². The lowest BCUT2D eigenvalue weighted by Gasteiger charge is -2.35. The second-order valence-electron chi connectivity index (χ2n) is 7.39. The van der Waals surface area contributed by atoms with Gasteiger partial charge in [0.2, 0.25) is 5.82 Å². The van der Waals surface area contributed by atoms with Crippen LogP contribution in [0.1, 0.15) is 37.8 Å². The Balaban J connectivity index is 1.81. The number of phenolic OH excluding ortho intramolecular Hbond substituents is 1. The molecule has 2 amide bonds. The molecule has 166 valence electrons. The van der Waals surface area contributed by atoms with Crippen molar-refractivity contribution in [2.24, 2.45) is 0 Å². The predicted octanol–water partition coefficient (Wildman–Crippen LogP) is 4.50. The Morgan fingerprint density at radius 2 is 2.00 bits per heavy atom. The molecule has 0 saturated carbocycles. The fourth-order valence-corrected chi connectivity index (χ4v) is 3.74. The molecule has 2 N–H and O–H groups in total. The van der Waals surface area contributed by atoms with Crippen LogP contribution in [0.2, 0.25) is 0 Å². The van der Waals surface area contributed by atoms with E-state index >= 15 is 0 Å². The Hall–Kier alpha value is -3.88. The van der Waals surface area contributed by atoms with Gasteiger partial charge < -0.3 is 19.7 Å². The van der Waals surface area contributed by atoms with Gasteiger partial charge in [-0.15, -0.1) is 0 Å². The van der Waals surface area contributed by atoms with Crippen molar-refractivity contribution in [2.45, 2.75) is 26.3 Å². The minimum absolute atomic E-state index is 0.0511. The molecule has 0 saturated heterocycles. The number of allylic oxidation sites excluding steroid dienone is 1. The summed E-state index contributed by atoms with van der Waals surface area (Å²) in [6.07, 6.45) is 0.761. The molecule has 0 radical (unpaired) electrons. The van der Waals surface area contributed by atoms with Crippen molar-refractivity contribution in [1.82, 2.24) is 20.4 Å². The number of amides is 2. The van der Waals surface area contributed by atoms with Crippen LogP contribution in [0.15, 0.2) is 52.7 Å². The van der Waals surface area contributed by atoms with Crippen molar-refractivity contribution in [3.63, 3.8) is 0 Å². The first-order valence-electron chi connectivity index (χ1n) is 10.2. The number of ether oxygens (including phenoxy) is 1. The number of methoxy groups -OCH3 is 1. The highest BCUT2D eigenvalue weighted by Crippen LogP contribution is 2.39. The van der Waals surface area contributed by atoms with Crippen LogP contribution in [0.3, 0.4) is 0 Å². The minimum atomic E-state index is -0.631. The van der Waals surface area contributed by atoms with Crippen LogP contribution < -0.4 is 10.1 Å². The van der Waals surface area contributed by atoms with Gasteiger partial charge >= 0.3 is 6.03 Å². The second-order valence-corrected chi connectivity index (χ2v) is 7.39. The van der Waals surface area contributed by atoms with Crippen LogP contribution in [0.5, 0.6) is 11.5 Å². The molecule has 2 heterocycles. The van der Waals surface area contributed by atoms with Gasteiger partial charge in [0.1, 0.15) is 5.82 Å². The third kappa shape index (κ3) is 3.89. The van der Waals surface area contributed by atoms with Gasteiger partial charge in [0.25, 0.3) is 5.89 Å². The van der Waals surface area contributed by atoms with Gasteiger partial charge in [-0.1, -0.05) is 18.1 Å². The number of urea groups is 1. The van der Waals surface area contributed by atoms with Crippen LogP contribution in [0, 0.1) is 5.82 Å². The molecule has 1 unspecified atom stereocenters.